The van der Waals surface area contributed by atoms with Gasteiger partial charge in [0.1, 0.15) is 6.10 Å². The van der Waals surface area contributed by atoms with E-state index in [2.05, 4.69) is 34.6 Å². The Morgan fingerprint density at radius 2 is 0.962 bits per heavy atom. The van der Waals surface area contributed by atoms with Gasteiger partial charge in [-0.1, -0.05) is 92.4 Å². The van der Waals surface area contributed by atoms with E-state index in [4.69, 9.17) is 14.9 Å². The molecule has 158 valence electrons. The zero-order chi connectivity index (χ0) is 19.8. The maximum atomic E-state index is 8.98. The summed E-state index contributed by atoms with van der Waals surface area (Å²) in [5.41, 5.74) is 0. The van der Waals surface area contributed by atoms with Crippen molar-refractivity contribution in [2.24, 2.45) is 23.7 Å². The van der Waals surface area contributed by atoms with Crippen LogP contribution < -0.4 is 0 Å². The number of aliphatic hydroxyl groups is 2. The van der Waals surface area contributed by atoms with Crippen molar-refractivity contribution in [3.8, 4) is 0 Å². The summed E-state index contributed by atoms with van der Waals surface area (Å²) >= 11 is 0. The number of hydrogen-bond donors (Lipinski definition) is 2. The van der Waals surface area contributed by atoms with Crippen LogP contribution in [-0.4, -0.2) is 36.1 Å². The number of rotatable bonds is 18. The first kappa shape index (κ1) is 25.9. The van der Waals surface area contributed by atoms with Crippen LogP contribution in [0.15, 0.2) is 0 Å². The zero-order valence-electron chi connectivity index (χ0n) is 18.4. The standard InChI is InChI=1S/C23H48O3/c1-19(2)9-6-10-20(3)11-7-12-21(4)13-8-14-22(5)15-16-26-23(17-24)18-25/h19-25H,6-18H2,1-5H3/t20-,21-,22-/m0/s1. The average Bonchev–Trinajstić information content (AvgIpc) is 2.58. The molecule has 3 nitrogen and oxygen atoms in total. The van der Waals surface area contributed by atoms with Gasteiger partial charge in [-0.15, -0.1) is 0 Å². The fraction of sp³-hybridized carbons (Fsp3) is 1.00. The van der Waals surface area contributed by atoms with Crippen molar-refractivity contribution in [2.45, 2.75) is 105 Å². The molecule has 0 aromatic heterocycles. The summed E-state index contributed by atoms with van der Waals surface area (Å²) < 4.78 is 5.45. The van der Waals surface area contributed by atoms with Crippen molar-refractivity contribution < 1.29 is 14.9 Å². The second-order valence-electron chi connectivity index (χ2n) is 9.15. The molecule has 0 aliphatic carbocycles. The smallest absolute Gasteiger partial charge is 0.104 e. The van der Waals surface area contributed by atoms with Gasteiger partial charge in [0.2, 0.25) is 0 Å². The van der Waals surface area contributed by atoms with Crippen molar-refractivity contribution in [1.82, 2.24) is 0 Å². The maximum absolute atomic E-state index is 8.98. The van der Waals surface area contributed by atoms with Gasteiger partial charge in [-0.05, 0) is 30.1 Å². The highest BCUT2D eigenvalue weighted by atomic mass is 16.5. The lowest BCUT2D eigenvalue weighted by Gasteiger charge is -2.17. The molecular weight excluding hydrogens is 324 g/mol. The molecule has 0 heterocycles. The van der Waals surface area contributed by atoms with Crippen LogP contribution in [0.2, 0.25) is 0 Å². The molecule has 0 fully saturated rings. The lowest BCUT2D eigenvalue weighted by Crippen LogP contribution is -2.23. The highest BCUT2D eigenvalue weighted by Gasteiger charge is 2.10. The minimum Gasteiger partial charge on any atom is -0.394 e. The third-order valence-corrected chi connectivity index (χ3v) is 5.64. The van der Waals surface area contributed by atoms with E-state index in [1.54, 1.807) is 0 Å². The Morgan fingerprint density at radius 3 is 1.35 bits per heavy atom. The van der Waals surface area contributed by atoms with E-state index in [1.165, 1.54) is 57.8 Å². The summed E-state index contributed by atoms with van der Waals surface area (Å²) in [6, 6.07) is 0. The van der Waals surface area contributed by atoms with Gasteiger partial charge in [0, 0.05) is 6.61 Å². The molecule has 0 saturated carbocycles. The minimum atomic E-state index is -0.407. The molecule has 0 aromatic carbocycles. The summed E-state index contributed by atoms with van der Waals surface area (Å²) in [4.78, 5) is 0. The van der Waals surface area contributed by atoms with E-state index in [0.717, 1.165) is 24.2 Å². The Kier molecular flexibility index (Phi) is 16.9. The Bertz CT molecular complexity index is 289. The second kappa shape index (κ2) is 17.0. The Hall–Kier alpha value is -0.120. The van der Waals surface area contributed by atoms with Crippen molar-refractivity contribution in [2.75, 3.05) is 19.8 Å². The molecule has 0 amide bonds. The summed E-state index contributed by atoms with van der Waals surface area (Å²) in [6.45, 7) is 12.2. The van der Waals surface area contributed by atoms with Gasteiger partial charge in [-0.2, -0.15) is 0 Å². The molecule has 0 radical (unpaired) electrons. The van der Waals surface area contributed by atoms with Gasteiger partial charge in [0.15, 0.2) is 0 Å². The van der Waals surface area contributed by atoms with Gasteiger partial charge in [0.25, 0.3) is 0 Å². The first-order chi connectivity index (χ1) is 12.4. The Labute approximate surface area is 163 Å². The van der Waals surface area contributed by atoms with Gasteiger partial charge >= 0.3 is 0 Å². The summed E-state index contributed by atoms with van der Waals surface area (Å²) in [7, 11) is 0. The highest BCUT2D eigenvalue weighted by Crippen LogP contribution is 2.22. The monoisotopic (exact) mass is 372 g/mol. The van der Waals surface area contributed by atoms with E-state index in [9.17, 15) is 0 Å². The van der Waals surface area contributed by atoms with Crippen LogP contribution in [0.5, 0.6) is 0 Å². The third kappa shape index (κ3) is 16.1. The molecule has 0 saturated heterocycles. The van der Waals surface area contributed by atoms with Gasteiger partial charge in [-0.25, -0.2) is 0 Å². The average molecular weight is 373 g/mol. The van der Waals surface area contributed by atoms with Crippen LogP contribution in [0.25, 0.3) is 0 Å². The van der Waals surface area contributed by atoms with Crippen LogP contribution in [-0.2, 0) is 4.74 Å². The molecule has 0 spiro atoms. The van der Waals surface area contributed by atoms with Crippen LogP contribution >= 0.6 is 0 Å². The van der Waals surface area contributed by atoms with Crippen molar-refractivity contribution >= 4 is 0 Å². The second-order valence-corrected chi connectivity index (χ2v) is 9.15. The zero-order valence-corrected chi connectivity index (χ0v) is 18.4. The van der Waals surface area contributed by atoms with E-state index >= 15 is 0 Å². The van der Waals surface area contributed by atoms with Crippen LogP contribution in [0.3, 0.4) is 0 Å². The molecule has 0 rings (SSSR count). The molecule has 2 N–H and O–H groups in total. The molecule has 26 heavy (non-hydrogen) atoms. The Balaban J connectivity index is 3.56. The lowest BCUT2D eigenvalue weighted by molar-refractivity contribution is -0.0237. The number of aliphatic hydroxyl groups excluding tert-OH is 2. The molecule has 0 unspecified atom stereocenters. The SMILES string of the molecule is CC(C)CCC[C@H](C)CCC[C@H](C)CCC[C@H](C)CCOC(CO)CO. The van der Waals surface area contributed by atoms with Gasteiger partial charge < -0.3 is 14.9 Å². The molecule has 0 aliphatic heterocycles. The first-order valence-corrected chi connectivity index (χ1v) is 11.2. The predicted octanol–water partition coefficient (Wildman–Crippen LogP) is 5.82. The maximum Gasteiger partial charge on any atom is 0.104 e. The molecule has 3 heteroatoms. The fourth-order valence-electron chi connectivity index (χ4n) is 3.54. The van der Waals surface area contributed by atoms with Crippen LogP contribution in [0.4, 0.5) is 0 Å². The van der Waals surface area contributed by atoms with E-state index in [1.807, 2.05) is 0 Å². The summed E-state index contributed by atoms with van der Waals surface area (Å²) in [6.07, 6.45) is 12.8. The predicted molar refractivity (Wildman–Crippen MR) is 112 cm³/mol. The normalized spacial score (nSPS) is 15.6. The summed E-state index contributed by atoms with van der Waals surface area (Å²) in [5, 5.41) is 18.0. The first-order valence-electron chi connectivity index (χ1n) is 11.2. The van der Waals surface area contributed by atoms with Gasteiger partial charge in [0.05, 0.1) is 13.2 Å². The van der Waals surface area contributed by atoms with Gasteiger partial charge in [-0.3, -0.25) is 0 Å². The molecule has 0 bridgehead atoms. The summed E-state index contributed by atoms with van der Waals surface area (Å²) in [5.74, 6) is 3.24. The number of hydrogen-bond acceptors (Lipinski definition) is 3. The molecular formula is C23H48O3. The highest BCUT2D eigenvalue weighted by molar-refractivity contribution is 4.61. The molecule has 0 aliphatic rings. The number of ether oxygens (including phenoxy) is 1. The topological polar surface area (TPSA) is 49.7 Å². The van der Waals surface area contributed by atoms with Crippen molar-refractivity contribution in [3.63, 3.8) is 0 Å². The third-order valence-electron chi connectivity index (χ3n) is 5.64. The van der Waals surface area contributed by atoms with Crippen LogP contribution in [0, 0.1) is 23.7 Å². The largest absolute Gasteiger partial charge is 0.394 e. The quantitative estimate of drug-likeness (QED) is 0.319. The molecule has 3 atom stereocenters. The van der Waals surface area contributed by atoms with E-state index in [0.29, 0.717) is 12.5 Å². The lowest BCUT2D eigenvalue weighted by atomic mass is 9.91. The minimum absolute atomic E-state index is 0.0985. The van der Waals surface area contributed by atoms with Crippen molar-refractivity contribution in [1.29, 1.82) is 0 Å². The van der Waals surface area contributed by atoms with Crippen molar-refractivity contribution in [3.05, 3.63) is 0 Å². The van der Waals surface area contributed by atoms with Crippen LogP contribution in [0.1, 0.15) is 98.8 Å². The molecule has 0 aromatic rings. The van der Waals surface area contributed by atoms with E-state index in [-0.39, 0.29) is 13.2 Å². The Morgan fingerprint density at radius 1 is 0.577 bits per heavy atom. The van der Waals surface area contributed by atoms with E-state index < -0.39 is 6.10 Å². The fourth-order valence-corrected chi connectivity index (χ4v) is 3.54.